The molecule has 3 N–H and O–H groups in total. The van der Waals surface area contributed by atoms with Gasteiger partial charge in [0.15, 0.2) is 11.5 Å². The summed E-state index contributed by atoms with van der Waals surface area (Å²) in [5.74, 6) is 2.79. The van der Waals surface area contributed by atoms with E-state index in [-0.39, 0.29) is 12.1 Å². The Morgan fingerprint density at radius 3 is 2.28 bits per heavy atom. The number of anilines is 3. The van der Waals surface area contributed by atoms with Crippen molar-refractivity contribution in [1.82, 2.24) is 15.3 Å². The summed E-state index contributed by atoms with van der Waals surface area (Å²) in [6.45, 7) is 4.05. The number of aryl methyl sites for hydroxylation is 1. The minimum atomic E-state index is -0.221. The van der Waals surface area contributed by atoms with Crippen molar-refractivity contribution < 1.29 is 14.3 Å². The van der Waals surface area contributed by atoms with E-state index in [1.54, 1.807) is 32.4 Å². The highest BCUT2D eigenvalue weighted by Gasteiger charge is 2.23. The van der Waals surface area contributed by atoms with Crippen molar-refractivity contribution in [2.75, 3.05) is 43.8 Å². The summed E-state index contributed by atoms with van der Waals surface area (Å²) < 4.78 is 10.5. The number of urea groups is 1. The van der Waals surface area contributed by atoms with Gasteiger partial charge in [-0.1, -0.05) is 0 Å². The molecule has 1 saturated carbocycles. The molecule has 0 radical (unpaired) electrons. The molecule has 9 nitrogen and oxygen atoms in total. The summed E-state index contributed by atoms with van der Waals surface area (Å²) in [7, 11) is 7.12. The van der Waals surface area contributed by atoms with E-state index in [4.69, 9.17) is 9.47 Å². The summed E-state index contributed by atoms with van der Waals surface area (Å²) >= 11 is 0. The second kappa shape index (κ2) is 10.4. The highest BCUT2D eigenvalue weighted by molar-refractivity contribution is 5.89. The fraction of sp³-hybridized carbons (Fsp3) is 0.522. The Hall–Kier alpha value is -3.23. The molecule has 0 saturated heterocycles. The van der Waals surface area contributed by atoms with Gasteiger partial charge in [-0.15, -0.1) is 0 Å². The van der Waals surface area contributed by atoms with Crippen LogP contribution in [-0.4, -0.2) is 56.4 Å². The van der Waals surface area contributed by atoms with Crippen LogP contribution in [0, 0.1) is 13.8 Å². The first-order valence-electron chi connectivity index (χ1n) is 10.9. The number of hydrogen-bond donors (Lipinski definition) is 3. The maximum Gasteiger partial charge on any atom is 0.319 e. The van der Waals surface area contributed by atoms with Crippen molar-refractivity contribution in [3.8, 4) is 11.5 Å². The summed E-state index contributed by atoms with van der Waals surface area (Å²) in [6, 6.07) is 5.49. The second-order valence-corrected chi connectivity index (χ2v) is 8.34. The van der Waals surface area contributed by atoms with Crippen molar-refractivity contribution in [3.05, 3.63) is 29.5 Å². The van der Waals surface area contributed by atoms with Crippen LogP contribution in [0.3, 0.4) is 0 Å². The fourth-order valence-corrected chi connectivity index (χ4v) is 3.94. The lowest BCUT2D eigenvalue weighted by Gasteiger charge is -2.30. The first-order valence-corrected chi connectivity index (χ1v) is 10.9. The van der Waals surface area contributed by atoms with Crippen molar-refractivity contribution in [2.45, 2.75) is 51.6 Å². The van der Waals surface area contributed by atoms with Crippen LogP contribution >= 0.6 is 0 Å². The zero-order valence-corrected chi connectivity index (χ0v) is 19.8. The van der Waals surface area contributed by atoms with E-state index in [9.17, 15) is 4.79 Å². The van der Waals surface area contributed by atoms with Gasteiger partial charge in [-0.25, -0.2) is 9.78 Å². The summed E-state index contributed by atoms with van der Waals surface area (Å²) in [4.78, 5) is 23.7. The Morgan fingerprint density at radius 2 is 1.66 bits per heavy atom. The van der Waals surface area contributed by atoms with Gasteiger partial charge in [-0.2, -0.15) is 4.98 Å². The zero-order chi connectivity index (χ0) is 23.3. The molecule has 1 fully saturated rings. The van der Waals surface area contributed by atoms with Gasteiger partial charge in [0.2, 0.25) is 5.95 Å². The van der Waals surface area contributed by atoms with E-state index in [2.05, 4.69) is 25.9 Å². The predicted octanol–water partition coefficient (Wildman–Crippen LogP) is 3.72. The number of carbonyl (C=O) groups excluding carboxylic acids is 1. The number of amides is 2. The van der Waals surface area contributed by atoms with Crippen LogP contribution in [0.4, 0.5) is 22.2 Å². The molecule has 3 rings (SSSR count). The van der Waals surface area contributed by atoms with Gasteiger partial charge < -0.3 is 30.3 Å². The van der Waals surface area contributed by atoms with Gasteiger partial charge >= 0.3 is 6.03 Å². The standard InChI is InChI=1S/C23H34N6O3/c1-14-15(2)24-22(28-21(14)29(3)4)25-16-7-9-17(10-8-16)26-23(30)27-18-11-12-19(31-5)20(13-18)32-6/h11-13,16-17H,7-10H2,1-6H3,(H,24,25,28)(H2,26,27,30)/t16-,17+. The molecule has 0 spiro atoms. The number of aromatic nitrogens is 2. The molecule has 1 heterocycles. The topological polar surface area (TPSA) is 101 Å². The quantitative estimate of drug-likeness (QED) is 0.601. The van der Waals surface area contributed by atoms with E-state index in [0.29, 0.717) is 29.2 Å². The van der Waals surface area contributed by atoms with Crippen LogP contribution < -0.4 is 30.3 Å². The maximum atomic E-state index is 12.4. The highest BCUT2D eigenvalue weighted by Crippen LogP contribution is 2.30. The monoisotopic (exact) mass is 442 g/mol. The zero-order valence-electron chi connectivity index (χ0n) is 19.8. The molecule has 1 aromatic heterocycles. The second-order valence-electron chi connectivity index (χ2n) is 8.34. The lowest BCUT2D eigenvalue weighted by molar-refractivity contribution is 0.243. The average Bonchev–Trinajstić information content (AvgIpc) is 2.77. The number of ether oxygens (including phenoxy) is 2. The molecule has 174 valence electrons. The average molecular weight is 443 g/mol. The molecule has 0 unspecified atom stereocenters. The number of nitrogens with zero attached hydrogens (tertiary/aromatic N) is 3. The van der Waals surface area contributed by atoms with Gasteiger partial charge in [0.25, 0.3) is 0 Å². The molecule has 9 heteroatoms. The predicted molar refractivity (Wildman–Crippen MR) is 127 cm³/mol. The van der Waals surface area contributed by atoms with E-state index >= 15 is 0 Å². The molecular weight excluding hydrogens is 408 g/mol. The van der Waals surface area contributed by atoms with Crippen molar-refractivity contribution in [1.29, 1.82) is 0 Å². The molecule has 1 aliphatic carbocycles. The smallest absolute Gasteiger partial charge is 0.319 e. The lowest BCUT2D eigenvalue weighted by Crippen LogP contribution is -2.42. The highest BCUT2D eigenvalue weighted by atomic mass is 16.5. The van der Waals surface area contributed by atoms with Crippen LogP contribution in [0.25, 0.3) is 0 Å². The molecule has 2 aromatic rings. The Labute approximate surface area is 189 Å². The third kappa shape index (κ3) is 5.72. The molecule has 1 aliphatic rings. The van der Waals surface area contributed by atoms with Crippen LogP contribution in [-0.2, 0) is 0 Å². The van der Waals surface area contributed by atoms with Crippen molar-refractivity contribution >= 4 is 23.5 Å². The molecular formula is C23H34N6O3. The number of methoxy groups -OCH3 is 2. The molecule has 32 heavy (non-hydrogen) atoms. The number of benzene rings is 1. The van der Waals surface area contributed by atoms with Crippen LogP contribution in [0.5, 0.6) is 11.5 Å². The van der Waals surface area contributed by atoms with Crippen molar-refractivity contribution in [2.24, 2.45) is 0 Å². The van der Waals surface area contributed by atoms with Crippen LogP contribution in [0.15, 0.2) is 18.2 Å². The number of nitrogens with one attached hydrogen (secondary N) is 3. The lowest BCUT2D eigenvalue weighted by atomic mass is 9.91. The van der Waals surface area contributed by atoms with Crippen molar-refractivity contribution in [3.63, 3.8) is 0 Å². The summed E-state index contributed by atoms with van der Waals surface area (Å²) in [5, 5.41) is 9.42. The largest absolute Gasteiger partial charge is 0.493 e. The van der Waals surface area contributed by atoms with Crippen LogP contribution in [0.2, 0.25) is 0 Å². The minimum absolute atomic E-state index is 0.131. The molecule has 1 aromatic carbocycles. The maximum absolute atomic E-state index is 12.4. The van der Waals surface area contributed by atoms with E-state index in [0.717, 1.165) is 42.8 Å². The number of hydrogen-bond acceptors (Lipinski definition) is 7. The Bertz CT molecular complexity index is 942. The normalized spacial score (nSPS) is 17.9. The van der Waals surface area contributed by atoms with Gasteiger partial charge in [0, 0.05) is 49.2 Å². The first-order chi connectivity index (χ1) is 15.3. The first kappa shape index (κ1) is 23.4. The molecule has 0 bridgehead atoms. The Kier molecular flexibility index (Phi) is 7.61. The molecule has 0 atom stereocenters. The van der Waals surface area contributed by atoms with Gasteiger partial charge in [0.05, 0.1) is 14.2 Å². The fourth-order valence-electron chi connectivity index (χ4n) is 3.94. The van der Waals surface area contributed by atoms with E-state index < -0.39 is 0 Å². The van der Waals surface area contributed by atoms with E-state index in [1.807, 2.05) is 32.8 Å². The van der Waals surface area contributed by atoms with Gasteiger partial charge in [-0.3, -0.25) is 0 Å². The number of rotatable bonds is 7. The number of carbonyl (C=O) groups is 1. The SMILES string of the molecule is COc1ccc(NC(=O)N[C@H]2CC[C@@H](Nc3nc(C)c(C)c(N(C)C)n3)CC2)cc1OC. The third-order valence-corrected chi connectivity index (χ3v) is 5.82. The summed E-state index contributed by atoms with van der Waals surface area (Å²) in [6.07, 6.45) is 3.66. The van der Waals surface area contributed by atoms with E-state index in [1.165, 1.54) is 0 Å². The van der Waals surface area contributed by atoms with Gasteiger partial charge in [0.1, 0.15) is 5.82 Å². The van der Waals surface area contributed by atoms with Gasteiger partial charge in [-0.05, 0) is 51.7 Å². The molecule has 2 amide bonds. The Morgan fingerprint density at radius 1 is 1.00 bits per heavy atom. The summed E-state index contributed by atoms with van der Waals surface area (Å²) in [5.41, 5.74) is 2.72. The molecule has 0 aliphatic heterocycles. The third-order valence-electron chi connectivity index (χ3n) is 5.82. The minimum Gasteiger partial charge on any atom is -0.493 e. The Balaban J connectivity index is 1.50. The van der Waals surface area contributed by atoms with Crippen LogP contribution in [0.1, 0.15) is 36.9 Å².